The second-order valence-electron chi connectivity index (χ2n) is 3.20. The number of aromatic nitrogens is 1. The lowest BCUT2D eigenvalue weighted by molar-refractivity contribution is 0.0875. The molecule has 1 aliphatic heterocycles. The number of anilines is 1. The van der Waals surface area contributed by atoms with Crippen LogP contribution in [0.5, 0.6) is 0 Å². The van der Waals surface area contributed by atoms with Crippen molar-refractivity contribution in [3.05, 3.63) is 24.4 Å². The van der Waals surface area contributed by atoms with Crippen molar-refractivity contribution in [2.75, 3.05) is 18.5 Å². The highest BCUT2D eigenvalue weighted by Gasteiger charge is 2.13. The normalized spacial score (nSPS) is 22.6. The molecule has 3 heteroatoms. The maximum Gasteiger partial charge on any atom is 0.126 e. The lowest BCUT2D eigenvalue weighted by atomic mass is 10.1. The first kappa shape index (κ1) is 8.51. The van der Waals surface area contributed by atoms with Crippen LogP contribution in [0.1, 0.15) is 12.8 Å². The molecule has 0 bridgehead atoms. The molecule has 1 aromatic rings. The number of ether oxygens (including phenoxy) is 1. The third-order valence-electron chi connectivity index (χ3n) is 2.12. The third-order valence-corrected chi connectivity index (χ3v) is 2.12. The number of hydrogen-bond donors (Lipinski definition) is 1. The van der Waals surface area contributed by atoms with Gasteiger partial charge < -0.3 is 10.1 Å². The second-order valence-corrected chi connectivity index (χ2v) is 3.20. The highest BCUT2D eigenvalue weighted by atomic mass is 16.5. The van der Waals surface area contributed by atoms with E-state index in [9.17, 15) is 0 Å². The van der Waals surface area contributed by atoms with Crippen LogP contribution in [0.2, 0.25) is 0 Å². The summed E-state index contributed by atoms with van der Waals surface area (Å²) in [4.78, 5) is 4.17. The van der Waals surface area contributed by atoms with Gasteiger partial charge in [0.25, 0.3) is 0 Å². The van der Waals surface area contributed by atoms with Crippen LogP contribution in [-0.2, 0) is 4.74 Å². The minimum Gasteiger partial charge on any atom is -0.379 e. The Bertz CT molecular complexity index is 244. The van der Waals surface area contributed by atoms with Gasteiger partial charge in [-0.15, -0.1) is 0 Å². The summed E-state index contributed by atoms with van der Waals surface area (Å²) in [6.07, 6.45) is 4.04. The van der Waals surface area contributed by atoms with Gasteiger partial charge in [-0.2, -0.15) is 0 Å². The van der Waals surface area contributed by atoms with Crippen molar-refractivity contribution in [3.8, 4) is 0 Å². The molecule has 0 aromatic carbocycles. The number of nitrogens with one attached hydrogen (secondary N) is 1. The summed E-state index contributed by atoms with van der Waals surface area (Å²) in [5.41, 5.74) is 0. The van der Waals surface area contributed by atoms with Gasteiger partial charge in [-0.25, -0.2) is 4.98 Å². The van der Waals surface area contributed by atoms with E-state index in [0.29, 0.717) is 6.04 Å². The van der Waals surface area contributed by atoms with Gasteiger partial charge in [0.15, 0.2) is 0 Å². The molecule has 1 aliphatic rings. The molecule has 13 heavy (non-hydrogen) atoms. The van der Waals surface area contributed by atoms with Gasteiger partial charge >= 0.3 is 0 Å². The van der Waals surface area contributed by atoms with Gasteiger partial charge in [0.05, 0.1) is 12.6 Å². The van der Waals surface area contributed by atoms with Crippen molar-refractivity contribution in [2.45, 2.75) is 18.9 Å². The Morgan fingerprint density at radius 3 is 3.31 bits per heavy atom. The smallest absolute Gasteiger partial charge is 0.126 e. The molecule has 1 fully saturated rings. The fraction of sp³-hybridized carbons (Fsp3) is 0.500. The second kappa shape index (κ2) is 4.23. The van der Waals surface area contributed by atoms with Crippen molar-refractivity contribution < 1.29 is 4.74 Å². The SMILES string of the molecule is [c]1ccnc(NC2CCCOC2)c1. The molecule has 3 nitrogen and oxygen atoms in total. The molecule has 1 radical (unpaired) electrons. The maximum absolute atomic E-state index is 5.35. The van der Waals surface area contributed by atoms with Crippen LogP contribution >= 0.6 is 0 Å². The Morgan fingerprint density at radius 2 is 2.62 bits per heavy atom. The first-order valence-electron chi connectivity index (χ1n) is 4.61. The standard InChI is InChI=1S/C10H13N2O/c1-2-6-11-10(5-1)12-9-4-3-7-13-8-9/h2,5-6,9H,3-4,7-8H2,(H,11,12). The van der Waals surface area contributed by atoms with E-state index >= 15 is 0 Å². The zero-order valence-electron chi connectivity index (χ0n) is 7.49. The Hall–Kier alpha value is -1.09. The number of hydrogen-bond acceptors (Lipinski definition) is 3. The molecule has 1 unspecified atom stereocenters. The number of pyridine rings is 1. The van der Waals surface area contributed by atoms with Crippen LogP contribution in [0.3, 0.4) is 0 Å². The molecular formula is C10H13N2O. The number of nitrogens with zero attached hydrogens (tertiary/aromatic N) is 1. The molecule has 1 saturated heterocycles. The summed E-state index contributed by atoms with van der Waals surface area (Å²) in [6.45, 7) is 1.68. The van der Waals surface area contributed by atoms with E-state index < -0.39 is 0 Å². The first-order valence-corrected chi connectivity index (χ1v) is 4.61. The van der Waals surface area contributed by atoms with Crippen molar-refractivity contribution in [2.24, 2.45) is 0 Å². The summed E-state index contributed by atoms with van der Waals surface area (Å²) in [5.74, 6) is 0.887. The van der Waals surface area contributed by atoms with E-state index in [1.54, 1.807) is 12.3 Å². The quantitative estimate of drug-likeness (QED) is 0.742. The van der Waals surface area contributed by atoms with Gasteiger partial charge in [0.2, 0.25) is 0 Å². The van der Waals surface area contributed by atoms with Crippen LogP contribution in [0, 0.1) is 6.07 Å². The van der Waals surface area contributed by atoms with Crippen LogP contribution in [-0.4, -0.2) is 24.2 Å². The van der Waals surface area contributed by atoms with Crippen LogP contribution < -0.4 is 5.32 Å². The lowest BCUT2D eigenvalue weighted by Gasteiger charge is -2.23. The maximum atomic E-state index is 5.35. The third kappa shape index (κ3) is 2.42. The molecule has 69 valence electrons. The summed E-state index contributed by atoms with van der Waals surface area (Å²) >= 11 is 0. The minimum absolute atomic E-state index is 0.414. The van der Waals surface area contributed by atoms with Crippen LogP contribution in [0.15, 0.2) is 18.3 Å². The van der Waals surface area contributed by atoms with Gasteiger partial charge in [-0.1, -0.05) is 0 Å². The van der Waals surface area contributed by atoms with Gasteiger partial charge in [-0.3, -0.25) is 0 Å². The predicted octanol–water partition coefficient (Wildman–Crippen LogP) is 1.47. The average Bonchev–Trinajstić information content (AvgIpc) is 2.21. The zero-order valence-corrected chi connectivity index (χ0v) is 7.49. The fourth-order valence-electron chi connectivity index (χ4n) is 1.47. The zero-order chi connectivity index (χ0) is 8.93. The molecule has 1 N–H and O–H groups in total. The van der Waals surface area contributed by atoms with Crippen LogP contribution in [0.4, 0.5) is 5.82 Å². The summed E-state index contributed by atoms with van der Waals surface area (Å²) in [6, 6.07) is 7.05. The molecule has 0 aliphatic carbocycles. The fourth-order valence-corrected chi connectivity index (χ4v) is 1.47. The van der Waals surface area contributed by atoms with Crippen molar-refractivity contribution in [1.82, 2.24) is 4.98 Å². The Balaban J connectivity index is 1.90. The van der Waals surface area contributed by atoms with Crippen LogP contribution in [0.25, 0.3) is 0 Å². The summed E-state index contributed by atoms with van der Waals surface area (Å²) < 4.78 is 5.35. The lowest BCUT2D eigenvalue weighted by Crippen LogP contribution is -2.30. The number of rotatable bonds is 2. The van der Waals surface area contributed by atoms with Crippen molar-refractivity contribution in [1.29, 1.82) is 0 Å². The Morgan fingerprint density at radius 1 is 1.62 bits per heavy atom. The largest absolute Gasteiger partial charge is 0.379 e. The highest BCUT2D eigenvalue weighted by molar-refractivity contribution is 5.33. The first-order chi connectivity index (χ1) is 6.45. The Kier molecular flexibility index (Phi) is 2.77. The van der Waals surface area contributed by atoms with Crippen molar-refractivity contribution >= 4 is 5.82 Å². The monoisotopic (exact) mass is 177 g/mol. The Labute approximate surface area is 78.1 Å². The summed E-state index contributed by atoms with van der Waals surface area (Å²) in [7, 11) is 0. The molecule has 0 amide bonds. The van der Waals surface area contributed by atoms with E-state index in [4.69, 9.17) is 4.74 Å². The van der Waals surface area contributed by atoms with E-state index in [0.717, 1.165) is 31.9 Å². The predicted molar refractivity (Wildman–Crippen MR) is 50.5 cm³/mol. The van der Waals surface area contributed by atoms with Crippen molar-refractivity contribution in [3.63, 3.8) is 0 Å². The van der Waals surface area contributed by atoms with E-state index in [1.807, 2.05) is 6.07 Å². The minimum atomic E-state index is 0.414. The average molecular weight is 177 g/mol. The molecule has 2 heterocycles. The van der Waals surface area contributed by atoms with E-state index in [-0.39, 0.29) is 0 Å². The van der Waals surface area contributed by atoms with Gasteiger partial charge in [0, 0.05) is 12.8 Å². The topological polar surface area (TPSA) is 34.2 Å². The molecule has 0 saturated carbocycles. The molecule has 1 aromatic heterocycles. The van der Waals surface area contributed by atoms with Gasteiger partial charge in [-0.05, 0) is 31.0 Å². The van der Waals surface area contributed by atoms with E-state index in [1.165, 1.54) is 0 Å². The molecule has 2 rings (SSSR count). The molecule has 1 atom stereocenters. The van der Waals surface area contributed by atoms with E-state index in [2.05, 4.69) is 16.4 Å². The molecule has 0 spiro atoms. The highest BCUT2D eigenvalue weighted by Crippen LogP contribution is 2.11. The molecular weight excluding hydrogens is 164 g/mol. The summed E-state index contributed by atoms with van der Waals surface area (Å²) in [5, 5.41) is 3.31. The van der Waals surface area contributed by atoms with Gasteiger partial charge in [0.1, 0.15) is 5.82 Å².